The highest BCUT2D eigenvalue weighted by Gasteiger charge is 2.11. The molecule has 0 aliphatic carbocycles. The summed E-state index contributed by atoms with van der Waals surface area (Å²) in [6.45, 7) is 1.57. The van der Waals surface area contributed by atoms with Crippen LogP contribution in [0.5, 0.6) is 11.5 Å². The van der Waals surface area contributed by atoms with Crippen LogP contribution in [0.25, 0.3) is 22.2 Å². The minimum absolute atomic E-state index is 0.0462. The predicted octanol–water partition coefficient (Wildman–Crippen LogP) is 6.08. The zero-order chi connectivity index (χ0) is 25.6. The number of nitrogens with zero attached hydrogens (tertiary/aromatic N) is 2. The van der Waals surface area contributed by atoms with Gasteiger partial charge >= 0.3 is 0 Å². The lowest BCUT2D eigenvalue weighted by molar-refractivity contribution is 0.288. The van der Waals surface area contributed by atoms with Crippen LogP contribution in [0.15, 0.2) is 83.5 Å². The number of benzene rings is 3. The summed E-state index contributed by atoms with van der Waals surface area (Å²) < 4.78 is 25.0. The zero-order valence-electron chi connectivity index (χ0n) is 19.8. The van der Waals surface area contributed by atoms with E-state index in [1.807, 2.05) is 30.3 Å². The first-order valence-electron chi connectivity index (χ1n) is 11.7. The van der Waals surface area contributed by atoms with Gasteiger partial charge in [0.25, 0.3) is 0 Å². The predicted molar refractivity (Wildman–Crippen MR) is 145 cm³/mol. The first-order chi connectivity index (χ1) is 18.1. The normalized spacial score (nSPS) is 11.1. The number of furan rings is 1. The third-order valence-corrected chi connectivity index (χ3v) is 5.90. The molecular weight excluding hydrogens is 491 g/mol. The van der Waals surface area contributed by atoms with Gasteiger partial charge in [0.2, 0.25) is 0 Å². The van der Waals surface area contributed by atoms with Crippen molar-refractivity contribution in [3.8, 4) is 22.8 Å². The van der Waals surface area contributed by atoms with Crippen molar-refractivity contribution in [1.29, 1.82) is 0 Å². The number of hydrogen-bond acceptors (Lipinski definition) is 8. The van der Waals surface area contributed by atoms with Gasteiger partial charge in [-0.05, 0) is 60.2 Å². The minimum atomic E-state index is -0.334. The lowest BCUT2D eigenvalue weighted by Gasteiger charge is -2.12. The summed E-state index contributed by atoms with van der Waals surface area (Å²) in [5.74, 6) is 2.85. The van der Waals surface area contributed by atoms with E-state index >= 15 is 0 Å². The number of hydrogen-bond donors (Lipinski definition) is 4. The average molecular weight is 517 g/mol. The maximum atomic E-state index is 13.4. The average Bonchev–Trinajstić information content (AvgIpc) is 3.37. The lowest BCUT2D eigenvalue weighted by atomic mass is 10.1. The molecule has 0 radical (unpaired) electrons. The Morgan fingerprint density at radius 2 is 1.92 bits per heavy atom. The van der Waals surface area contributed by atoms with Crippen LogP contribution in [0.3, 0.4) is 0 Å². The molecule has 0 saturated heterocycles. The van der Waals surface area contributed by atoms with E-state index in [-0.39, 0.29) is 18.2 Å². The van der Waals surface area contributed by atoms with Crippen molar-refractivity contribution in [3.63, 3.8) is 0 Å². The number of aromatic hydroxyl groups is 1. The van der Waals surface area contributed by atoms with Gasteiger partial charge in [0.15, 0.2) is 11.5 Å². The molecule has 0 bridgehead atoms. The molecule has 37 heavy (non-hydrogen) atoms. The van der Waals surface area contributed by atoms with Crippen LogP contribution in [-0.4, -0.2) is 27.4 Å². The fraction of sp³-hybridized carbons (Fsp3) is 0.143. The second-order valence-corrected chi connectivity index (χ2v) is 8.79. The van der Waals surface area contributed by atoms with E-state index in [0.717, 1.165) is 40.3 Å². The highest BCUT2D eigenvalue weighted by atomic mass is 32.1. The number of rotatable bonds is 10. The fourth-order valence-electron chi connectivity index (χ4n) is 3.87. The largest absolute Gasteiger partial charge is 0.504 e. The fourth-order valence-corrected chi connectivity index (χ4v) is 4.03. The van der Waals surface area contributed by atoms with Crippen molar-refractivity contribution < 1.29 is 18.7 Å². The summed E-state index contributed by atoms with van der Waals surface area (Å²) in [5.41, 5.74) is 2.96. The van der Waals surface area contributed by atoms with Crippen LogP contribution in [0.1, 0.15) is 11.3 Å². The molecule has 188 valence electrons. The summed E-state index contributed by atoms with van der Waals surface area (Å²) in [4.78, 5) is 8.78. The topological polar surface area (TPSA) is 92.4 Å². The van der Waals surface area contributed by atoms with E-state index in [4.69, 9.17) is 9.15 Å². The molecule has 0 aliphatic heterocycles. The molecule has 0 amide bonds. The van der Waals surface area contributed by atoms with Crippen LogP contribution < -0.4 is 15.4 Å². The molecule has 2 heterocycles. The van der Waals surface area contributed by atoms with E-state index in [2.05, 4.69) is 33.2 Å². The number of aromatic nitrogens is 2. The molecule has 0 unspecified atom stereocenters. The smallest absolute Gasteiger partial charge is 0.161 e. The summed E-state index contributed by atoms with van der Waals surface area (Å²) in [6.07, 6.45) is 1.48. The Hall–Kier alpha value is -4.08. The summed E-state index contributed by atoms with van der Waals surface area (Å²) in [6, 6.07) is 20.9. The van der Waals surface area contributed by atoms with E-state index in [1.54, 1.807) is 30.3 Å². The molecule has 3 N–H and O–H groups in total. The second-order valence-electron chi connectivity index (χ2n) is 8.35. The molecule has 3 aromatic carbocycles. The summed E-state index contributed by atoms with van der Waals surface area (Å²) in [7, 11) is 0. The van der Waals surface area contributed by atoms with Gasteiger partial charge in [0, 0.05) is 35.0 Å². The molecule has 7 nitrogen and oxygen atoms in total. The first kappa shape index (κ1) is 24.6. The van der Waals surface area contributed by atoms with Crippen LogP contribution in [0, 0.1) is 5.82 Å². The molecule has 5 aromatic rings. The molecule has 0 atom stereocenters. The molecule has 0 fully saturated rings. The van der Waals surface area contributed by atoms with Gasteiger partial charge in [-0.25, -0.2) is 14.4 Å². The van der Waals surface area contributed by atoms with Crippen molar-refractivity contribution in [1.82, 2.24) is 15.3 Å². The third-order valence-electron chi connectivity index (χ3n) is 5.67. The van der Waals surface area contributed by atoms with E-state index in [0.29, 0.717) is 29.4 Å². The molecule has 5 rings (SSSR count). The highest BCUT2D eigenvalue weighted by molar-refractivity contribution is 7.80. The van der Waals surface area contributed by atoms with Crippen LogP contribution in [0.2, 0.25) is 0 Å². The summed E-state index contributed by atoms with van der Waals surface area (Å²) in [5, 5.41) is 17.8. The monoisotopic (exact) mass is 516 g/mol. The van der Waals surface area contributed by atoms with Gasteiger partial charge in [-0.15, -0.1) is 0 Å². The Labute approximate surface area is 218 Å². The highest BCUT2D eigenvalue weighted by Crippen LogP contribution is 2.33. The minimum Gasteiger partial charge on any atom is -0.504 e. The molecule has 0 aliphatic rings. The Morgan fingerprint density at radius 3 is 2.76 bits per heavy atom. The second kappa shape index (κ2) is 11.3. The van der Waals surface area contributed by atoms with Crippen LogP contribution in [0.4, 0.5) is 15.9 Å². The standard InChI is InChI=1S/C28H25FN4O3S/c29-20-3-1-2-18(12-20)16-35-27-8-5-21(14-25(27)34)33-28-23-13-19(4-7-24(23)31-17-32-28)26-9-6-22(36-26)15-30-10-11-37/h1-9,12-14,17,30,34,37H,10-11,15-16H2,(H,31,32,33). The van der Waals surface area contributed by atoms with Crippen molar-refractivity contribution in [3.05, 3.63) is 96.3 Å². The Morgan fingerprint density at radius 1 is 1.00 bits per heavy atom. The molecular formula is C28H25FN4O3S. The van der Waals surface area contributed by atoms with Gasteiger partial charge in [0.05, 0.1) is 12.1 Å². The van der Waals surface area contributed by atoms with Crippen molar-refractivity contribution in [2.24, 2.45) is 0 Å². The Kier molecular flexibility index (Phi) is 7.53. The van der Waals surface area contributed by atoms with Gasteiger partial charge in [-0.2, -0.15) is 12.6 Å². The number of phenols is 1. The number of halogens is 1. The van der Waals surface area contributed by atoms with Crippen LogP contribution >= 0.6 is 12.6 Å². The third kappa shape index (κ3) is 6.02. The number of nitrogens with one attached hydrogen (secondary N) is 2. The van der Waals surface area contributed by atoms with Gasteiger partial charge in [0.1, 0.15) is 36.1 Å². The van der Waals surface area contributed by atoms with E-state index < -0.39 is 0 Å². The number of phenolic OH excluding ortho intramolecular Hbond substituents is 1. The Bertz CT molecular complexity index is 1520. The lowest BCUT2D eigenvalue weighted by Crippen LogP contribution is -2.15. The Balaban J connectivity index is 1.33. The quantitative estimate of drug-likeness (QED) is 0.132. The van der Waals surface area contributed by atoms with Crippen molar-refractivity contribution in [2.45, 2.75) is 13.2 Å². The number of ether oxygens (including phenoxy) is 1. The van der Waals surface area contributed by atoms with E-state index in [9.17, 15) is 9.50 Å². The number of thiol groups is 1. The summed E-state index contributed by atoms with van der Waals surface area (Å²) >= 11 is 4.20. The maximum Gasteiger partial charge on any atom is 0.161 e. The van der Waals surface area contributed by atoms with Crippen LogP contribution in [-0.2, 0) is 13.2 Å². The van der Waals surface area contributed by atoms with Gasteiger partial charge in [-0.3, -0.25) is 0 Å². The maximum absolute atomic E-state index is 13.4. The van der Waals surface area contributed by atoms with Crippen molar-refractivity contribution in [2.75, 3.05) is 17.6 Å². The first-order valence-corrected chi connectivity index (χ1v) is 12.3. The SMILES string of the molecule is Oc1cc(Nc2ncnc3ccc(-c4ccc(CNCCS)o4)cc23)ccc1OCc1cccc(F)c1. The molecule has 0 spiro atoms. The number of fused-ring (bicyclic) bond motifs is 1. The van der Waals surface area contributed by atoms with Gasteiger partial charge < -0.3 is 24.9 Å². The van der Waals surface area contributed by atoms with E-state index in [1.165, 1.54) is 18.5 Å². The van der Waals surface area contributed by atoms with Gasteiger partial charge in [-0.1, -0.05) is 12.1 Å². The molecule has 9 heteroatoms. The molecule has 2 aromatic heterocycles. The zero-order valence-corrected chi connectivity index (χ0v) is 20.7. The molecule has 0 saturated carbocycles. The number of anilines is 2. The van der Waals surface area contributed by atoms with Crippen molar-refractivity contribution >= 4 is 35.0 Å².